The molecule has 0 aromatic heterocycles. The fourth-order valence-electron chi connectivity index (χ4n) is 2.31. The third kappa shape index (κ3) is 0.829. The average Bonchev–Trinajstić information content (AvgIpc) is 2.92. The first kappa shape index (κ1) is 6.89. The fraction of sp³-hybridized carbons (Fsp3) is 0.889. The smallest absolute Gasteiger partial charge is 0.298 e. The summed E-state index contributed by atoms with van der Waals surface area (Å²) in [5, 5.41) is 0. The lowest BCUT2D eigenvalue weighted by Gasteiger charge is -2.22. The molecule has 3 fully saturated rings. The minimum atomic E-state index is -0.183. The Morgan fingerprint density at radius 2 is 1.75 bits per heavy atom. The molecule has 2 aliphatic carbocycles. The molecule has 1 saturated heterocycles. The normalized spacial score (nSPS) is 33.5. The molecule has 0 radical (unpaired) electrons. The van der Waals surface area contributed by atoms with Gasteiger partial charge in [0.05, 0.1) is 6.42 Å². The van der Waals surface area contributed by atoms with Gasteiger partial charge in [0.2, 0.25) is 0 Å². The predicted molar refractivity (Wildman–Crippen MR) is 40.0 cm³/mol. The molecule has 0 spiro atoms. The summed E-state index contributed by atoms with van der Waals surface area (Å²) in [6.07, 6.45) is 5.36. The minimum Gasteiger partial charge on any atom is -0.298 e. The number of rotatable bonds is 2. The molecule has 0 bridgehead atoms. The van der Waals surface area contributed by atoms with E-state index < -0.39 is 0 Å². The summed E-state index contributed by atoms with van der Waals surface area (Å²) in [5.74, 6) is 1.04. The highest BCUT2D eigenvalue weighted by Crippen LogP contribution is 2.57. The summed E-state index contributed by atoms with van der Waals surface area (Å²) in [4.78, 5) is 20.9. The van der Waals surface area contributed by atoms with Gasteiger partial charge in [0, 0.05) is 0 Å². The van der Waals surface area contributed by atoms with Gasteiger partial charge in [-0.05, 0) is 37.5 Å². The maximum absolute atomic E-state index is 11.0. The molecule has 0 unspecified atom stereocenters. The van der Waals surface area contributed by atoms with E-state index in [9.17, 15) is 4.79 Å². The zero-order chi connectivity index (χ0) is 8.18. The molecule has 3 heteroatoms. The van der Waals surface area contributed by atoms with Crippen LogP contribution in [0.2, 0.25) is 0 Å². The van der Waals surface area contributed by atoms with E-state index in [0.717, 1.165) is 0 Å². The molecule has 1 heterocycles. The largest absolute Gasteiger partial charge is 0.345 e. The van der Waals surface area contributed by atoms with Crippen molar-refractivity contribution in [2.45, 2.75) is 37.7 Å². The average molecular weight is 168 g/mol. The van der Waals surface area contributed by atoms with Crippen molar-refractivity contribution in [3.05, 3.63) is 0 Å². The van der Waals surface area contributed by atoms with Gasteiger partial charge in [-0.1, -0.05) is 0 Å². The fourth-order valence-corrected chi connectivity index (χ4v) is 2.31. The first-order valence-electron chi connectivity index (χ1n) is 4.70. The van der Waals surface area contributed by atoms with Crippen molar-refractivity contribution in [1.29, 1.82) is 0 Å². The van der Waals surface area contributed by atoms with Gasteiger partial charge in [0.1, 0.15) is 5.60 Å². The van der Waals surface area contributed by atoms with Crippen molar-refractivity contribution in [2.75, 3.05) is 0 Å². The second-order valence-electron chi connectivity index (χ2n) is 4.22. The van der Waals surface area contributed by atoms with Crippen LogP contribution in [0.3, 0.4) is 0 Å². The molecule has 12 heavy (non-hydrogen) atoms. The van der Waals surface area contributed by atoms with Crippen molar-refractivity contribution in [3.63, 3.8) is 0 Å². The van der Waals surface area contributed by atoms with Crippen LogP contribution in [0.25, 0.3) is 0 Å². The summed E-state index contributed by atoms with van der Waals surface area (Å²) in [5.41, 5.74) is -0.183. The molecular weight excluding hydrogens is 156 g/mol. The Balaban J connectivity index is 1.86. The molecule has 0 amide bonds. The van der Waals surface area contributed by atoms with E-state index >= 15 is 0 Å². The van der Waals surface area contributed by atoms with Crippen molar-refractivity contribution in [1.82, 2.24) is 0 Å². The van der Waals surface area contributed by atoms with Gasteiger partial charge in [-0.3, -0.25) is 4.89 Å². The van der Waals surface area contributed by atoms with Gasteiger partial charge in [-0.25, -0.2) is 4.79 Å². The summed E-state index contributed by atoms with van der Waals surface area (Å²) in [7, 11) is 0. The summed E-state index contributed by atoms with van der Waals surface area (Å²) in [6, 6.07) is 0. The van der Waals surface area contributed by atoms with Crippen LogP contribution in [0, 0.1) is 11.8 Å². The van der Waals surface area contributed by atoms with E-state index in [4.69, 9.17) is 4.89 Å². The van der Waals surface area contributed by atoms with E-state index in [1.165, 1.54) is 25.7 Å². The van der Waals surface area contributed by atoms with Crippen LogP contribution in [0.5, 0.6) is 0 Å². The lowest BCUT2D eigenvalue weighted by atomic mass is 9.89. The molecule has 0 N–H and O–H groups in total. The zero-order valence-electron chi connectivity index (χ0n) is 6.91. The number of hydrogen-bond acceptors (Lipinski definition) is 3. The van der Waals surface area contributed by atoms with Gasteiger partial charge in [-0.15, -0.1) is 0 Å². The van der Waals surface area contributed by atoms with Crippen LogP contribution in [-0.2, 0) is 14.6 Å². The van der Waals surface area contributed by atoms with Crippen LogP contribution in [0.4, 0.5) is 0 Å². The van der Waals surface area contributed by atoms with Gasteiger partial charge >= 0.3 is 5.97 Å². The lowest BCUT2D eigenvalue weighted by Crippen LogP contribution is -2.33. The Bertz CT molecular complexity index is 216. The molecule has 3 aliphatic rings. The highest BCUT2D eigenvalue weighted by Gasteiger charge is 2.61. The number of hydrogen-bond donors (Lipinski definition) is 0. The molecule has 1 aliphatic heterocycles. The second-order valence-corrected chi connectivity index (χ2v) is 4.22. The van der Waals surface area contributed by atoms with Crippen molar-refractivity contribution in [2.24, 2.45) is 11.8 Å². The predicted octanol–water partition coefficient (Wildman–Crippen LogP) is 1.42. The summed E-state index contributed by atoms with van der Waals surface area (Å²) in [6.45, 7) is 0. The highest BCUT2D eigenvalue weighted by atomic mass is 17.2. The van der Waals surface area contributed by atoms with E-state index in [1.54, 1.807) is 0 Å². The highest BCUT2D eigenvalue weighted by molar-refractivity contribution is 5.72. The first-order chi connectivity index (χ1) is 5.81. The Labute approximate surface area is 71.0 Å². The standard InChI is InChI=1S/C9H12O3/c10-8-5-9(12-11-8,6-1-2-6)7-3-4-7/h6-7H,1-5H2. The van der Waals surface area contributed by atoms with Gasteiger partial charge in [0.25, 0.3) is 0 Å². The molecule has 0 aromatic rings. The van der Waals surface area contributed by atoms with Crippen molar-refractivity contribution >= 4 is 5.97 Å². The Hall–Kier alpha value is -0.570. The van der Waals surface area contributed by atoms with Crippen LogP contribution < -0.4 is 0 Å². The van der Waals surface area contributed by atoms with Crippen LogP contribution in [-0.4, -0.2) is 11.6 Å². The third-order valence-corrected chi connectivity index (χ3v) is 3.25. The third-order valence-electron chi connectivity index (χ3n) is 3.25. The Morgan fingerprint density at radius 1 is 1.17 bits per heavy atom. The summed E-state index contributed by atoms with van der Waals surface area (Å²) < 4.78 is 0. The van der Waals surface area contributed by atoms with E-state index in [2.05, 4.69) is 4.89 Å². The maximum atomic E-state index is 11.0. The van der Waals surface area contributed by atoms with E-state index in [1.807, 2.05) is 0 Å². The van der Waals surface area contributed by atoms with Gasteiger partial charge in [0.15, 0.2) is 0 Å². The number of carbonyl (C=O) groups excluding carboxylic acids is 1. The molecule has 3 rings (SSSR count). The van der Waals surface area contributed by atoms with E-state index in [-0.39, 0.29) is 11.6 Å². The van der Waals surface area contributed by atoms with Gasteiger partial charge in [-0.2, -0.15) is 4.89 Å². The van der Waals surface area contributed by atoms with Crippen LogP contribution in [0.1, 0.15) is 32.1 Å². The Morgan fingerprint density at radius 3 is 2.08 bits per heavy atom. The van der Waals surface area contributed by atoms with Crippen LogP contribution in [0.15, 0.2) is 0 Å². The van der Waals surface area contributed by atoms with Gasteiger partial charge < -0.3 is 0 Å². The monoisotopic (exact) mass is 168 g/mol. The molecule has 0 aromatic carbocycles. The zero-order valence-corrected chi connectivity index (χ0v) is 6.91. The minimum absolute atomic E-state index is 0.172. The second kappa shape index (κ2) is 2.02. The molecule has 0 atom stereocenters. The SMILES string of the molecule is O=C1CC(C2CC2)(C2CC2)OO1. The summed E-state index contributed by atoms with van der Waals surface area (Å²) >= 11 is 0. The van der Waals surface area contributed by atoms with Crippen molar-refractivity contribution in [3.8, 4) is 0 Å². The Kier molecular flexibility index (Phi) is 1.16. The molecular formula is C9H12O3. The quantitative estimate of drug-likeness (QED) is 0.585. The van der Waals surface area contributed by atoms with Crippen LogP contribution >= 0.6 is 0 Å². The molecule has 66 valence electrons. The lowest BCUT2D eigenvalue weighted by molar-refractivity contribution is -0.304. The maximum Gasteiger partial charge on any atom is 0.345 e. The first-order valence-corrected chi connectivity index (χ1v) is 4.70. The molecule has 2 saturated carbocycles. The van der Waals surface area contributed by atoms with E-state index in [0.29, 0.717) is 18.3 Å². The molecule has 3 nitrogen and oxygen atoms in total. The van der Waals surface area contributed by atoms with Crippen molar-refractivity contribution < 1.29 is 14.6 Å². The number of carbonyl (C=O) groups is 1. The topological polar surface area (TPSA) is 35.5 Å².